The van der Waals surface area contributed by atoms with Crippen molar-refractivity contribution >= 4 is 29.5 Å². The van der Waals surface area contributed by atoms with Crippen LogP contribution in [0.2, 0.25) is 0 Å². The molecule has 0 aromatic carbocycles. The Hall–Kier alpha value is -2.90. The van der Waals surface area contributed by atoms with E-state index in [1.807, 2.05) is 19.2 Å². The summed E-state index contributed by atoms with van der Waals surface area (Å²) in [4.78, 5) is 66.3. The molecule has 2 heterocycles. The Morgan fingerprint density at radius 1 is 1.12 bits per heavy atom. The largest absolute Gasteiger partial charge is 0.471 e. The average molecular weight is 612 g/mol. The molecule has 0 spiro atoms. The summed E-state index contributed by atoms with van der Waals surface area (Å²) in [6.45, 7) is 4.43. The van der Waals surface area contributed by atoms with Crippen LogP contribution >= 0.6 is 0 Å². The molecule has 0 radical (unpaired) electrons. The van der Waals surface area contributed by atoms with E-state index in [0.29, 0.717) is 38.6 Å². The highest BCUT2D eigenvalue weighted by Crippen LogP contribution is 2.66. The van der Waals surface area contributed by atoms with Crippen molar-refractivity contribution < 1.29 is 42.3 Å². The Kier molecular flexibility index (Phi) is 6.87. The van der Waals surface area contributed by atoms with E-state index in [1.54, 1.807) is 0 Å². The summed E-state index contributed by atoms with van der Waals surface area (Å²) < 4.78 is 40.7. The first kappa shape index (κ1) is 30.1. The molecule has 43 heavy (non-hydrogen) atoms. The van der Waals surface area contributed by atoms with Gasteiger partial charge in [-0.2, -0.15) is 13.2 Å². The molecule has 14 heteroatoms. The number of nitrogens with zero attached hydrogens (tertiary/aromatic N) is 1. The zero-order valence-corrected chi connectivity index (χ0v) is 24.3. The van der Waals surface area contributed by atoms with Crippen LogP contribution in [-0.2, 0) is 24.0 Å². The number of hydrogen-bond acceptors (Lipinski definition) is 6. The van der Waals surface area contributed by atoms with E-state index < -0.39 is 64.9 Å². The Morgan fingerprint density at radius 3 is 2.30 bits per heavy atom. The van der Waals surface area contributed by atoms with Gasteiger partial charge in [-0.3, -0.25) is 24.0 Å². The lowest BCUT2D eigenvalue weighted by molar-refractivity contribution is -0.191. The number of amides is 5. The summed E-state index contributed by atoms with van der Waals surface area (Å²) in [6, 6.07) is -3.87. The predicted octanol–water partition coefficient (Wildman–Crippen LogP) is 0.344. The van der Waals surface area contributed by atoms with E-state index in [1.165, 1.54) is 4.90 Å². The van der Waals surface area contributed by atoms with Crippen LogP contribution in [0.4, 0.5) is 13.2 Å². The van der Waals surface area contributed by atoms with Crippen LogP contribution < -0.4 is 21.7 Å². The second kappa shape index (κ2) is 9.80. The molecule has 0 aromatic heterocycles. The van der Waals surface area contributed by atoms with Crippen LogP contribution in [0.3, 0.4) is 0 Å². The molecule has 4 bridgehead atoms. The minimum atomic E-state index is -5.23. The number of rotatable bonds is 8. The molecule has 2 aliphatic heterocycles. The minimum Gasteiger partial charge on any atom is -0.390 e. The number of carbonyl (C=O) groups is 5. The summed E-state index contributed by atoms with van der Waals surface area (Å²) in [5.74, 6) is -5.67. The first-order valence-electron chi connectivity index (χ1n) is 15.2. The van der Waals surface area contributed by atoms with Crippen LogP contribution in [0.15, 0.2) is 0 Å². The number of fused-ring (bicyclic) bond motifs is 1. The van der Waals surface area contributed by atoms with Gasteiger partial charge in [0.1, 0.15) is 18.1 Å². The van der Waals surface area contributed by atoms with Gasteiger partial charge in [-0.1, -0.05) is 13.8 Å². The second-order valence-corrected chi connectivity index (χ2v) is 14.8. The van der Waals surface area contributed by atoms with Crippen molar-refractivity contribution in [2.75, 3.05) is 13.1 Å². The molecule has 7 rings (SSSR count). The van der Waals surface area contributed by atoms with Crippen LogP contribution in [0.25, 0.3) is 0 Å². The third-order valence-corrected chi connectivity index (χ3v) is 11.6. The predicted molar refractivity (Wildman–Crippen MR) is 143 cm³/mol. The molecule has 0 aromatic rings. The topological polar surface area (TPSA) is 171 Å². The lowest BCUT2D eigenvalue weighted by Crippen LogP contribution is -2.68. The van der Waals surface area contributed by atoms with Crippen molar-refractivity contribution in [3.8, 4) is 0 Å². The van der Waals surface area contributed by atoms with Crippen molar-refractivity contribution in [2.24, 2.45) is 46.2 Å². The van der Waals surface area contributed by atoms with Gasteiger partial charge < -0.3 is 31.7 Å². The van der Waals surface area contributed by atoms with Gasteiger partial charge in [-0.05, 0) is 80.5 Å². The number of nitrogens with two attached hydrogens (primary N) is 1. The van der Waals surface area contributed by atoms with Crippen LogP contribution in [0.1, 0.15) is 65.2 Å². The fourth-order valence-corrected chi connectivity index (χ4v) is 9.95. The number of hydrogen-bond donors (Lipinski definition) is 5. The summed E-state index contributed by atoms with van der Waals surface area (Å²) in [5, 5.41) is 18.6. The first-order valence-corrected chi connectivity index (χ1v) is 15.2. The second-order valence-electron chi connectivity index (χ2n) is 14.8. The third-order valence-electron chi connectivity index (χ3n) is 11.6. The summed E-state index contributed by atoms with van der Waals surface area (Å²) in [5.41, 5.74) is 3.05. The van der Waals surface area contributed by atoms with Gasteiger partial charge in [0.15, 0.2) is 0 Å². The van der Waals surface area contributed by atoms with Gasteiger partial charge in [0.05, 0.1) is 5.60 Å². The maximum absolute atomic E-state index is 14.4. The monoisotopic (exact) mass is 611 g/mol. The molecule has 7 fully saturated rings. The van der Waals surface area contributed by atoms with E-state index in [9.17, 15) is 42.3 Å². The number of carbonyl (C=O) groups excluding carboxylic acids is 5. The fraction of sp³-hybridized carbons (Fsp3) is 0.828. The molecule has 5 saturated carbocycles. The van der Waals surface area contributed by atoms with Crippen LogP contribution in [0.5, 0.6) is 0 Å². The number of likely N-dealkylation sites (tertiary alicyclic amines) is 1. The quantitative estimate of drug-likeness (QED) is 0.265. The average Bonchev–Trinajstić information content (AvgIpc) is 3.22. The summed E-state index contributed by atoms with van der Waals surface area (Å²) in [6.07, 6.45) is -2.03. The van der Waals surface area contributed by atoms with Gasteiger partial charge in [0, 0.05) is 24.4 Å². The fourth-order valence-electron chi connectivity index (χ4n) is 9.95. The van der Waals surface area contributed by atoms with Crippen molar-refractivity contribution in [3.63, 3.8) is 0 Å². The van der Waals surface area contributed by atoms with Crippen molar-refractivity contribution in [3.05, 3.63) is 0 Å². The Bertz CT molecular complexity index is 1240. The van der Waals surface area contributed by atoms with Crippen molar-refractivity contribution in [1.29, 1.82) is 0 Å². The third kappa shape index (κ3) is 5.06. The van der Waals surface area contributed by atoms with E-state index in [2.05, 4.69) is 10.6 Å². The molecule has 238 valence electrons. The normalized spacial score (nSPS) is 40.0. The Morgan fingerprint density at radius 2 is 1.77 bits per heavy atom. The number of alkyl halides is 3. The van der Waals surface area contributed by atoms with E-state index in [-0.39, 0.29) is 54.4 Å². The maximum atomic E-state index is 14.4. The number of aliphatic hydroxyl groups is 1. The lowest BCUT2D eigenvalue weighted by Gasteiger charge is -2.62. The van der Waals surface area contributed by atoms with E-state index >= 15 is 0 Å². The Balaban J connectivity index is 1.29. The minimum absolute atomic E-state index is 0.0141. The molecule has 7 aliphatic rings. The standard InChI is InChI=1S/C29H40F3N5O6/c1-26(2)16-11-37(19(18(16)26)23(40)35-17(21(33)38)6-15-3-4-34-22(15)39)24(41)20(36-25(42)29(30,31)32)27-7-13-5-14(8-27)10-28(43,9-13)12-27/h13-20,43H,3-12H2,1-2H3,(H2,33,38)(H,34,39)(H,35,40)(H,36,42)/t13?,14?,15-,16-,17-,18-,19-,20+,27?,28?/m0/s1. The number of nitrogens with one attached hydrogen (secondary N) is 3. The molecule has 11 nitrogen and oxygen atoms in total. The summed E-state index contributed by atoms with van der Waals surface area (Å²) in [7, 11) is 0. The number of primary amides is 1. The lowest BCUT2D eigenvalue weighted by atomic mass is 9.46. The zero-order chi connectivity index (χ0) is 31.3. The first-order chi connectivity index (χ1) is 19.9. The maximum Gasteiger partial charge on any atom is 0.471 e. The number of piperidine rings is 1. The Labute approximate surface area is 247 Å². The highest BCUT2D eigenvalue weighted by Gasteiger charge is 2.71. The van der Waals surface area contributed by atoms with Gasteiger partial charge in [0.2, 0.25) is 23.6 Å². The zero-order valence-electron chi connectivity index (χ0n) is 24.3. The van der Waals surface area contributed by atoms with Gasteiger partial charge in [-0.15, -0.1) is 0 Å². The summed E-state index contributed by atoms with van der Waals surface area (Å²) >= 11 is 0. The molecule has 5 amide bonds. The SMILES string of the molecule is CC1(C)[C@@H]2[C@@H](C(=O)N[C@@H](C[C@@H]3CCNC3=O)C(N)=O)N(C(=O)[C@@H](NC(=O)C(F)(F)F)C34CC5CC(CC(O)(C5)C3)C4)C[C@@H]21. The molecular formula is C29H40F3N5O6. The van der Waals surface area contributed by atoms with E-state index in [0.717, 1.165) is 6.42 Å². The van der Waals surface area contributed by atoms with Gasteiger partial charge >= 0.3 is 12.1 Å². The number of halogens is 3. The molecule has 2 unspecified atom stereocenters. The highest BCUT2D eigenvalue weighted by atomic mass is 19.4. The highest BCUT2D eigenvalue weighted by molar-refractivity contribution is 5.96. The van der Waals surface area contributed by atoms with Crippen LogP contribution in [0, 0.1) is 40.4 Å². The van der Waals surface area contributed by atoms with Crippen molar-refractivity contribution in [2.45, 2.75) is 95.1 Å². The van der Waals surface area contributed by atoms with Crippen molar-refractivity contribution in [1.82, 2.24) is 20.9 Å². The van der Waals surface area contributed by atoms with Crippen LogP contribution in [-0.4, -0.2) is 82.5 Å². The smallest absolute Gasteiger partial charge is 0.390 e. The molecule has 2 saturated heterocycles. The molecule has 5 aliphatic carbocycles. The van der Waals surface area contributed by atoms with Gasteiger partial charge in [0.25, 0.3) is 0 Å². The molecule has 8 atom stereocenters. The molecular weight excluding hydrogens is 571 g/mol. The van der Waals surface area contributed by atoms with Gasteiger partial charge in [-0.25, -0.2) is 0 Å². The molecule has 6 N–H and O–H groups in total. The van der Waals surface area contributed by atoms with E-state index in [4.69, 9.17) is 5.73 Å².